The van der Waals surface area contributed by atoms with Gasteiger partial charge in [-0.05, 0) is 43.1 Å². The summed E-state index contributed by atoms with van der Waals surface area (Å²) in [5.74, 6) is 1.78. The maximum absolute atomic E-state index is 11.7. The van der Waals surface area contributed by atoms with Crippen LogP contribution < -0.4 is 0 Å². The van der Waals surface area contributed by atoms with Crippen molar-refractivity contribution >= 4 is 5.78 Å². The van der Waals surface area contributed by atoms with Crippen LogP contribution >= 0.6 is 0 Å². The molecule has 0 radical (unpaired) electrons. The summed E-state index contributed by atoms with van der Waals surface area (Å²) < 4.78 is 0. The van der Waals surface area contributed by atoms with Crippen molar-refractivity contribution in [2.45, 2.75) is 86.7 Å². The van der Waals surface area contributed by atoms with Crippen molar-refractivity contribution in [3.05, 3.63) is 11.6 Å². The molecule has 22 heavy (non-hydrogen) atoms. The molecule has 0 aromatic carbocycles. The topological polar surface area (TPSA) is 37.3 Å². The normalized spacial score (nSPS) is 19.4. The summed E-state index contributed by atoms with van der Waals surface area (Å²) in [6.45, 7) is 14.8. The minimum Gasteiger partial charge on any atom is -0.388 e. The van der Waals surface area contributed by atoms with E-state index in [1.165, 1.54) is 19.3 Å². The van der Waals surface area contributed by atoms with Gasteiger partial charge in [0.2, 0.25) is 0 Å². The first-order valence-electron chi connectivity index (χ1n) is 9.11. The maximum atomic E-state index is 11.7. The third-order valence-electron chi connectivity index (χ3n) is 4.70. The summed E-state index contributed by atoms with van der Waals surface area (Å²) in [6.07, 6.45) is 7.01. The van der Waals surface area contributed by atoms with Gasteiger partial charge in [0.15, 0.2) is 0 Å². The molecule has 0 aliphatic rings. The SMILES string of the molecule is CCC[C@H](C)C[C@H](C)C[C@H](C)/C=C(\C)C(O)[C@@H](C)C(=O)CC. The monoisotopic (exact) mass is 310 g/mol. The molecule has 0 saturated heterocycles. The van der Waals surface area contributed by atoms with E-state index < -0.39 is 6.10 Å². The molecule has 2 nitrogen and oxygen atoms in total. The van der Waals surface area contributed by atoms with Gasteiger partial charge in [0.1, 0.15) is 5.78 Å². The molecule has 130 valence electrons. The average molecular weight is 311 g/mol. The molecule has 0 bridgehead atoms. The Morgan fingerprint density at radius 3 is 2.14 bits per heavy atom. The van der Waals surface area contributed by atoms with E-state index in [1.54, 1.807) is 0 Å². The lowest BCUT2D eigenvalue weighted by atomic mass is 9.86. The van der Waals surface area contributed by atoms with Crippen LogP contribution in [0.3, 0.4) is 0 Å². The van der Waals surface area contributed by atoms with Crippen LogP contribution in [0.1, 0.15) is 80.6 Å². The van der Waals surface area contributed by atoms with Gasteiger partial charge in [0.05, 0.1) is 6.10 Å². The Balaban J connectivity index is 4.47. The van der Waals surface area contributed by atoms with Crippen LogP contribution in [-0.4, -0.2) is 17.0 Å². The summed E-state index contributed by atoms with van der Waals surface area (Å²) in [5.41, 5.74) is 0.940. The quantitative estimate of drug-likeness (QED) is 0.519. The third-order valence-corrected chi connectivity index (χ3v) is 4.70. The standard InChI is InChI=1S/C20H38O2/c1-8-10-14(3)11-15(4)12-16(5)13-17(6)20(22)18(7)19(21)9-2/h13-16,18,20,22H,8-12H2,1-7H3/b17-13+/t14-,15-,16-,18-,20?/m0/s1. The number of Topliss-reactive ketones (excluding diaryl/α,β-unsaturated/α-hetero) is 1. The summed E-state index contributed by atoms with van der Waals surface area (Å²) in [7, 11) is 0. The third kappa shape index (κ3) is 8.12. The highest BCUT2D eigenvalue weighted by Crippen LogP contribution is 2.25. The van der Waals surface area contributed by atoms with Crippen LogP contribution in [0.25, 0.3) is 0 Å². The van der Waals surface area contributed by atoms with Crippen LogP contribution in [0.15, 0.2) is 11.6 Å². The Kier molecular flexibility index (Phi) is 10.7. The highest BCUT2D eigenvalue weighted by atomic mass is 16.3. The van der Waals surface area contributed by atoms with Gasteiger partial charge in [-0.1, -0.05) is 60.5 Å². The summed E-state index contributed by atoms with van der Waals surface area (Å²) in [5, 5.41) is 10.3. The van der Waals surface area contributed by atoms with Gasteiger partial charge in [0.25, 0.3) is 0 Å². The molecule has 1 N–H and O–H groups in total. The fourth-order valence-corrected chi connectivity index (χ4v) is 3.54. The molecule has 0 aliphatic heterocycles. The Bertz CT molecular complexity index is 346. The molecule has 5 atom stereocenters. The fourth-order valence-electron chi connectivity index (χ4n) is 3.54. The van der Waals surface area contributed by atoms with Gasteiger partial charge in [-0.3, -0.25) is 4.79 Å². The van der Waals surface area contributed by atoms with Gasteiger partial charge < -0.3 is 5.11 Å². The molecular weight excluding hydrogens is 272 g/mol. The van der Waals surface area contributed by atoms with Gasteiger partial charge in [-0.25, -0.2) is 0 Å². The molecule has 0 aliphatic carbocycles. The van der Waals surface area contributed by atoms with Gasteiger partial charge in [-0.2, -0.15) is 0 Å². The molecule has 0 amide bonds. The van der Waals surface area contributed by atoms with Crippen LogP contribution in [0.2, 0.25) is 0 Å². The molecule has 0 aromatic heterocycles. The van der Waals surface area contributed by atoms with Crippen molar-refractivity contribution in [2.75, 3.05) is 0 Å². The van der Waals surface area contributed by atoms with Crippen molar-refractivity contribution in [2.24, 2.45) is 23.7 Å². The molecule has 0 fully saturated rings. The summed E-state index contributed by atoms with van der Waals surface area (Å²) in [6, 6.07) is 0. The van der Waals surface area contributed by atoms with Crippen molar-refractivity contribution in [1.82, 2.24) is 0 Å². The van der Waals surface area contributed by atoms with E-state index in [2.05, 4.69) is 33.8 Å². The van der Waals surface area contributed by atoms with E-state index in [4.69, 9.17) is 0 Å². The number of rotatable bonds is 11. The first kappa shape index (κ1) is 21.4. The van der Waals surface area contributed by atoms with E-state index >= 15 is 0 Å². The highest BCUT2D eigenvalue weighted by molar-refractivity contribution is 5.81. The van der Waals surface area contributed by atoms with Crippen LogP contribution in [-0.2, 0) is 4.79 Å². The average Bonchev–Trinajstić information content (AvgIpc) is 2.44. The van der Waals surface area contributed by atoms with Crippen LogP contribution in [0.4, 0.5) is 0 Å². The van der Waals surface area contributed by atoms with E-state index in [9.17, 15) is 9.90 Å². The van der Waals surface area contributed by atoms with E-state index in [0.717, 1.165) is 17.9 Å². The van der Waals surface area contributed by atoms with Crippen molar-refractivity contribution in [1.29, 1.82) is 0 Å². The second-order valence-electron chi connectivity index (χ2n) is 7.41. The van der Waals surface area contributed by atoms with Gasteiger partial charge >= 0.3 is 0 Å². The molecule has 2 heteroatoms. The fraction of sp³-hybridized carbons (Fsp3) is 0.850. The Morgan fingerprint density at radius 1 is 1.05 bits per heavy atom. The zero-order chi connectivity index (χ0) is 17.3. The summed E-state index contributed by atoms with van der Waals surface area (Å²) >= 11 is 0. The first-order chi connectivity index (χ1) is 10.2. The van der Waals surface area contributed by atoms with Crippen LogP contribution in [0, 0.1) is 23.7 Å². The number of aliphatic hydroxyl groups is 1. The van der Waals surface area contributed by atoms with Gasteiger partial charge in [0, 0.05) is 12.3 Å². The molecule has 0 rings (SSSR count). The number of ketones is 1. The Morgan fingerprint density at radius 2 is 1.64 bits per heavy atom. The smallest absolute Gasteiger partial charge is 0.138 e. The predicted octanol–water partition coefficient (Wildman–Crippen LogP) is 5.40. The van der Waals surface area contributed by atoms with Crippen LogP contribution in [0.5, 0.6) is 0 Å². The number of carbonyl (C=O) groups excluding carboxylic acids is 1. The first-order valence-corrected chi connectivity index (χ1v) is 9.11. The number of allylic oxidation sites excluding steroid dienone is 1. The molecule has 0 heterocycles. The van der Waals surface area contributed by atoms with Crippen molar-refractivity contribution in [3.63, 3.8) is 0 Å². The summed E-state index contributed by atoms with van der Waals surface area (Å²) in [4.78, 5) is 11.7. The lowest BCUT2D eigenvalue weighted by Gasteiger charge is -2.22. The lowest BCUT2D eigenvalue weighted by Crippen LogP contribution is -2.26. The number of aliphatic hydroxyl groups excluding tert-OH is 1. The number of hydrogen-bond donors (Lipinski definition) is 1. The molecular formula is C20H38O2. The molecule has 1 unspecified atom stereocenters. The predicted molar refractivity (Wildman–Crippen MR) is 95.9 cm³/mol. The largest absolute Gasteiger partial charge is 0.388 e. The molecule has 0 aromatic rings. The van der Waals surface area contributed by atoms with E-state index in [0.29, 0.717) is 18.3 Å². The lowest BCUT2D eigenvalue weighted by molar-refractivity contribution is -0.124. The second kappa shape index (κ2) is 11.0. The minimum atomic E-state index is -0.635. The van der Waals surface area contributed by atoms with Crippen molar-refractivity contribution in [3.8, 4) is 0 Å². The molecule has 0 spiro atoms. The van der Waals surface area contributed by atoms with Gasteiger partial charge in [-0.15, -0.1) is 0 Å². The van der Waals surface area contributed by atoms with Crippen molar-refractivity contribution < 1.29 is 9.90 Å². The highest BCUT2D eigenvalue weighted by Gasteiger charge is 2.22. The zero-order valence-corrected chi connectivity index (χ0v) is 15.9. The maximum Gasteiger partial charge on any atom is 0.138 e. The Hall–Kier alpha value is -0.630. The number of carbonyl (C=O) groups is 1. The minimum absolute atomic E-state index is 0.134. The van der Waals surface area contributed by atoms with E-state index in [-0.39, 0.29) is 11.7 Å². The molecule has 0 saturated carbocycles. The zero-order valence-electron chi connectivity index (χ0n) is 15.9. The number of hydrogen-bond acceptors (Lipinski definition) is 2. The second-order valence-corrected chi connectivity index (χ2v) is 7.41. The Labute approximate surface area is 138 Å². The van der Waals surface area contributed by atoms with E-state index in [1.807, 2.05) is 20.8 Å².